The summed E-state index contributed by atoms with van der Waals surface area (Å²) in [5, 5.41) is 6.56. The molecule has 17 heavy (non-hydrogen) atoms. The molecule has 2 aromatic rings. The van der Waals surface area contributed by atoms with E-state index in [9.17, 15) is 0 Å². The van der Waals surface area contributed by atoms with Gasteiger partial charge in [0.05, 0.1) is 17.0 Å². The predicted molar refractivity (Wildman–Crippen MR) is 69.0 cm³/mol. The van der Waals surface area contributed by atoms with Crippen molar-refractivity contribution >= 4 is 11.3 Å². The van der Waals surface area contributed by atoms with Gasteiger partial charge < -0.3 is 15.5 Å². The fraction of sp³-hybridized carbons (Fsp3) is 0.417. The van der Waals surface area contributed by atoms with Crippen molar-refractivity contribution in [2.24, 2.45) is 5.73 Å². The summed E-state index contributed by atoms with van der Waals surface area (Å²) in [5.74, 6) is 1.01. The van der Waals surface area contributed by atoms with E-state index in [-0.39, 0.29) is 0 Å². The lowest BCUT2D eigenvalue weighted by Gasteiger charge is -2.00. The minimum atomic E-state index is 0.666. The standard InChI is InChI=1S/C12H17N3OS/c13-5-3-12-15-10(9-17-12)8-14-6-4-11-2-1-7-16-11/h1-2,7,9,14H,3-6,8,13H2. The summed E-state index contributed by atoms with van der Waals surface area (Å²) in [6.45, 7) is 2.37. The van der Waals surface area contributed by atoms with Crippen LogP contribution in [-0.2, 0) is 19.4 Å². The average molecular weight is 251 g/mol. The van der Waals surface area contributed by atoms with Crippen LogP contribution >= 0.6 is 11.3 Å². The lowest BCUT2D eigenvalue weighted by atomic mass is 10.3. The number of nitrogens with two attached hydrogens (primary N) is 1. The molecule has 0 unspecified atom stereocenters. The minimum absolute atomic E-state index is 0.666. The quantitative estimate of drug-likeness (QED) is 0.733. The van der Waals surface area contributed by atoms with Gasteiger partial charge in [0.2, 0.25) is 0 Å². The smallest absolute Gasteiger partial charge is 0.105 e. The van der Waals surface area contributed by atoms with E-state index in [0.717, 1.165) is 42.4 Å². The number of nitrogens with zero attached hydrogens (tertiary/aromatic N) is 1. The topological polar surface area (TPSA) is 64.1 Å². The molecule has 0 aliphatic heterocycles. The Balaban J connectivity index is 1.67. The summed E-state index contributed by atoms with van der Waals surface area (Å²) < 4.78 is 5.25. The van der Waals surface area contributed by atoms with Crippen LogP contribution in [0, 0.1) is 0 Å². The summed E-state index contributed by atoms with van der Waals surface area (Å²) in [5.41, 5.74) is 6.58. The van der Waals surface area contributed by atoms with E-state index in [0.29, 0.717) is 6.54 Å². The SMILES string of the molecule is NCCc1nc(CNCCc2ccco2)cs1. The van der Waals surface area contributed by atoms with Crippen LogP contribution in [-0.4, -0.2) is 18.1 Å². The van der Waals surface area contributed by atoms with E-state index in [1.54, 1.807) is 17.6 Å². The second-order valence-corrected chi connectivity index (χ2v) is 4.72. The van der Waals surface area contributed by atoms with E-state index in [1.165, 1.54) is 0 Å². The Morgan fingerprint density at radius 3 is 3.12 bits per heavy atom. The fourth-order valence-corrected chi connectivity index (χ4v) is 2.37. The Bertz CT molecular complexity index is 425. The first-order valence-electron chi connectivity index (χ1n) is 5.75. The summed E-state index contributed by atoms with van der Waals surface area (Å²) in [6, 6.07) is 3.90. The highest BCUT2D eigenvalue weighted by molar-refractivity contribution is 7.09. The molecular weight excluding hydrogens is 234 g/mol. The van der Waals surface area contributed by atoms with E-state index in [4.69, 9.17) is 10.2 Å². The van der Waals surface area contributed by atoms with E-state index in [1.807, 2.05) is 12.1 Å². The zero-order valence-electron chi connectivity index (χ0n) is 9.69. The molecule has 2 aromatic heterocycles. The number of furan rings is 1. The van der Waals surface area contributed by atoms with Crippen LogP contribution in [0.1, 0.15) is 16.5 Å². The molecule has 92 valence electrons. The van der Waals surface area contributed by atoms with Crippen molar-refractivity contribution in [1.82, 2.24) is 10.3 Å². The Labute approximate surface area is 105 Å². The third-order valence-corrected chi connectivity index (χ3v) is 3.35. The molecule has 0 aliphatic rings. The lowest BCUT2D eigenvalue weighted by molar-refractivity contribution is 0.498. The molecule has 0 atom stereocenters. The molecule has 0 spiro atoms. The molecular formula is C12H17N3OS. The normalized spacial score (nSPS) is 10.9. The highest BCUT2D eigenvalue weighted by Crippen LogP contribution is 2.09. The van der Waals surface area contributed by atoms with Crippen LogP contribution in [0.3, 0.4) is 0 Å². The Morgan fingerprint density at radius 2 is 2.35 bits per heavy atom. The fourth-order valence-electron chi connectivity index (χ4n) is 1.55. The number of nitrogens with one attached hydrogen (secondary N) is 1. The monoisotopic (exact) mass is 251 g/mol. The second kappa shape index (κ2) is 6.54. The predicted octanol–water partition coefficient (Wildman–Crippen LogP) is 1.57. The average Bonchev–Trinajstić information content (AvgIpc) is 2.96. The molecule has 2 rings (SSSR count). The Morgan fingerprint density at radius 1 is 1.41 bits per heavy atom. The molecule has 0 amide bonds. The Kier molecular flexibility index (Phi) is 4.73. The largest absolute Gasteiger partial charge is 0.469 e. The molecule has 4 nitrogen and oxygen atoms in total. The zero-order valence-corrected chi connectivity index (χ0v) is 10.5. The molecule has 2 heterocycles. The van der Waals surface area contributed by atoms with Crippen molar-refractivity contribution in [1.29, 1.82) is 0 Å². The third kappa shape index (κ3) is 3.96. The minimum Gasteiger partial charge on any atom is -0.469 e. The van der Waals surface area contributed by atoms with Crippen molar-refractivity contribution in [3.8, 4) is 0 Å². The van der Waals surface area contributed by atoms with Gasteiger partial charge in [-0.15, -0.1) is 11.3 Å². The van der Waals surface area contributed by atoms with Crippen molar-refractivity contribution in [3.63, 3.8) is 0 Å². The third-order valence-electron chi connectivity index (χ3n) is 2.39. The van der Waals surface area contributed by atoms with Gasteiger partial charge in [-0.2, -0.15) is 0 Å². The van der Waals surface area contributed by atoms with Crippen LogP contribution in [0.2, 0.25) is 0 Å². The Hall–Kier alpha value is -1.17. The van der Waals surface area contributed by atoms with E-state index < -0.39 is 0 Å². The number of aromatic nitrogens is 1. The molecule has 0 aliphatic carbocycles. The molecule has 0 saturated carbocycles. The highest BCUT2D eigenvalue weighted by Gasteiger charge is 2.01. The van der Waals surface area contributed by atoms with Crippen molar-refractivity contribution < 1.29 is 4.42 Å². The first kappa shape index (κ1) is 12.3. The number of rotatable bonds is 7. The first-order valence-corrected chi connectivity index (χ1v) is 6.63. The van der Waals surface area contributed by atoms with E-state index in [2.05, 4.69) is 15.7 Å². The second-order valence-electron chi connectivity index (χ2n) is 3.78. The maximum absolute atomic E-state index is 5.49. The van der Waals surface area contributed by atoms with Gasteiger partial charge >= 0.3 is 0 Å². The molecule has 0 radical (unpaired) electrons. The summed E-state index contributed by atoms with van der Waals surface area (Å²) in [4.78, 5) is 4.49. The lowest BCUT2D eigenvalue weighted by Crippen LogP contribution is -2.16. The van der Waals surface area contributed by atoms with Gasteiger partial charge in [-0.05, 0) is 18.7 Å². The molecule has 3 N–H and O–H groups in total. The number of thiazole rings is 1. The van der Waals surface area contributed by atoms with Gasteiger partial charge in [0.15, 0.2) is 0 Å². The van der Waals surface area contributed by atoms with Gasteiger partial charge in [-0.1, -0.05) is 0 Å². The van der Waals surface area contributed by atoms with Crippen LogP contribution in [0.25, 0.3) is 0 Å². The summed E-state index contributed by atoms with van der Waals surface area (Å²) >= 11 is 1.68. The van der Waals surface area contributed by atoms with E-state index >= 15 is 0 Å². The molecule has 5 heteroatoms. The van der Waals surface area contributed by atoms with Crippen LogP contribution in [0.4, 0.5) is 0 Å². The first-order chi connectivity index (χ1) is 8.38. The maximum atomic E-state index is 5.49. The molecule has 0 saturated heterocycles. The van der Waals surface area contributed by atoms with Gasteiger partial charge in [-0.25, -0.2) is 4.98 Å². The summed E-state index contributed by atoms with van der Waals surface area (Å²) in [6.07, 6.45) is 3.48. The van der Waals surface area contributed by atoms with Gasteiger partial charge in [0.25, 0.3) is 0 Å². The summed E-state index contributed by atoms with van der Waals surface area (Å²) in [7, 11) is 0. The van der Waals surface area contributed by atoms with Crippen molar-refractivity contribution in [2.45, 2.75) is 19.4 Å². The van der Waals surface area contributed by atoms with Crippen LogP contribution < -0.4 is 11.1 Å². The maximum Gasteiger partial charge on any atom is 0.105 e. The van der Waals surface area contributed by atoms with Crippen LogP contribution in [0.15, 0.2) is 28.2 Å². The highest BCUT2D eigenvalue weighted by atomic mass is 32.1. The van der Waals surface area contributed by atoms with Crippen molar-refractivity contribution in [2.75, 3.05) is 13.1 Å². The number of hydrogen-bond donors (Lipinski definition) is 2. The molecule has 0 aromatic carbocycles. The van der Waals surface area contributed by atoms with Gasteiger partial charge in [0.1, 0.15) is 5.76 Å². The van der Waals surface area contributed by atoms with Crippen LogP contribution in [0.5, 0.6) is 0 Å². The van der Waals surface area contributed by atoms with Gasteiger partial charge in [0, 0.05) is 31.3 Å². The molecule has 0 bridgehead atoms. The van der Waals surface area contributed by atoms with Crippen molar-refractivity contribution in [3.05, 3.63) is 40.2 Å². The van der Waals surface area contributed by atoms with Gasteiger partial charge in [-0.3, -0.25) is 0 Å². The number of hydrogen-bond acceptors (Lipinski definition) is 5. The molecule has 0 fully saturated rings. The zero-order chi connectivity index (χ0) is 11.9.